The largest absolute Gasteiger partial charge is 0.495 e. The molecule has 1 aromatic heterocycles. The summed E-state index contributed by atoms with van der Waals surface area (Å²) < 4.78 is 16.3. The third-order valence-electron chi connectivity index (χ3n) is 6.26. The molecule has 2 aromatic carbocycles. The number of halogens is 1. The number of primary amides is 1. The van der Waals surface area contributed by atoms with Gasteiger partial charge in [0.2, 0.25) is 11.9 Å². The lowest BCUT2D eigenvalue weighted by Crippen LogP contribution is -2.29. The maximum absolute atomic E-state index is 11.5. The quantitative estimate of drug-likeness (QED) is 0.362. The molecule has 3 aromatic rings. The molecule has 0 radical (unpaired) electrons. The van der Waals surface area contributed by atoms with Crippen LogP contribution >= 0.6 is 11.6 Å². The second-order valence-electron chi connectivity index (χ2n) is 8.58. The van der Waals surface area contributed by atoms with Crippen molar-refractivity contribution in [2.75, 3.05) is 58.2 Å². The van der Waals surface area contributed by atoms with Crippen LogP contribution in [0.1, 0.15) is 21.5 Å². The normalized spacial score (nSPS) is 13.4. The molecule has 0 bridgehead atoms. The Balaban J connectivity index is 1.56. The van der Waals surface area contributed by atoms with E-state index in [0.717, 1.165) is 44.8 Å². The Bertz CT molecular complexity index is 1270. The molecule has 2 heterocycles. The van der Waals surface area contributed by atoms with Crippen LogP contribution < -0.4 is 25.8 Å². The second-order valence-corrected chi connectivity index (χ2v) is 8.98. The van der Waals surface area contributed by atoms with Crippen LogP contribution in [0.5, 0.6) is 11.5 Å². The van der Waals surface area contributed by atoms with E-state index in [-0.39, 0.29) is 0 Å². The number of rotatable bonds is 10. The van der Waals surface area contributed by atoms with Crippen molar-refractivity contribution in [1.29, 1.82) is 0 Å². The number of hydrogen-bond donors (Lipinski definition) is 3. The number of aromatic nitrogens is 2. The molecule has 1 amide bonds. The van der Waals surface area contributed by atoms with Gasteiger partial charge in [0.25, 0.3) is 0 Å². The molecule has 1 aliphatic heterocycles. The van der Waals surface area contributed by atoms with Crippen LogP contribution in [0.15, 0.2) is 36.5 Å². The Labute approximate surface area is 221 Å². The lowest BCUT2D eigenvalue weighted by molar-refractivity contribution is 0.1000. The van der Waals surface area contributed by atoms with Gasteiger partial charge in [0, 0.05) is 32.3 Å². The van der Waals surface area contributed by atoms with Gasteiger partial charge in [-0.15, -0.1) is 0 Å². The first-order chi connectivity index (χ1) is 17.9. The lowest BCUT2D eigenvalue weighted by Gasteiger charge is -2.18. The van der Waals surface area contributed by atoms with E-state index in [1.807, 2.05) is 0 Å². The van der Waals surface area contributed by atoms with Gasteiger partial charge in [0.1, 0.15) is 16.5 Å². The van der Waals surface area contributed by atoms with Crippen molar-refractivity contribution in [3.05, 3.63) is 58.2 Å². The fourth-order valence-corrected chi connectivity index (χ4v) is 4.36. The fraction of sp³-hybridized carbons (Fsp3) is 0.346. The minimum absolute atomic E-state index is 0.316. The topological polar surface area (TPSA) is 124 Å². The maximum Gasteiger partial charge on any atom is 0.248 e. The lowest BCUT2D eigenvalue weighted by atomic mass is 10.0. The molecule has 37 heavy (non-hydrogen) atoms. The molecular weight excluding hydrogens is 496 g/mol. The van der Waals surface area contributed by atoms with E-state index in [1.165, 1.54) is 24.4 Å². The summed E-state index contributed by atoms with van der Waals surface area (Å²) in [5, 5.41) is 6.74. The minimum atomic E-state index is -0.547. The first-order valence-electron chi connectivity index (χ1n) is 11.9. The number of carbonyl (C=O) groups excluding carboxylic acids is 1. The summed E-state index contributed by atoms with van der Waals surface area (Å²) in [4.78, 5) is 22.8. The highest BCUT2D eigenvalue weighted by Gasteiger charge is 2.18. The summed E-state index contributed by atoms with van der Waals surface area (Å²) in [5.74, 6) is 1.29. The molecule has 0 aliphatic carbocycles. The first-order valence-corrected chi connectivity index (χ1v) is 12.2. The Kier molecular flexibility index (Phi) is 8.65. The summed E-state index contributed by atoms with van der Waals surface area (Å²) in [7, 11) is 4.87. The molecule has 0 saturated carbocycles. The zero-order valence-electron chi connectivity index (χ0n) is 21.1. The van der Waals surface area contributed by atoms with Gasteiger partial charge in [-0.1, -0.05) is 11.6 Å². The van der Waals surface area contributed by atoms with Gasteiger partial charge in [-0.25, -0.2) is 4.98 Å². The van der Waals surface area contributed by atoms with Crippen molar-refractivity contribution in [3.8, 4) is 11.5 Å². The van der Waals surface area contributed by atoms with Crippen molar-refractivity contribution in [1.82, 2.24) is 14.9 Å². The summed E-state index contributed by atoms with van der Waals surface area (Å²) in [6, 6.07) is 9.01. The number of fused-ring (bicyclic) bond motifs is 1. The SMILES string of the molecule is COCCN1CCc2cc(Nc3ncc(Cl)c(Nc4ccc(C(N)=O)cc4OC)n3)c(OC)cc2CC1. The highest BCUT2D eigenvalue weighted by Crippen LogP contribution is 2.34. The monoisotopic (exact) mass is 526 g/mol. The first kappa shape index (κ1) is 26.5. The van der Waals surface area contributed by atoms with Crippen LogP contribution in [-0.4, -0.2) is 68.3 Å². The number of nitrogens with one attached hydrogen (secondary N) is 2. The molecule has 196 valence electrons. The van der Waals surface area contributed by atoms with E-state index in [2.05, 4.69) is 37.6 Å². The molecule has 1 aliphatic rings. The molecule has 4 rings (SSSR count). The van der Waals surface area contributed by atoms with Crippen LogP contribution in [0.25, 0.3) is 0 Å². The highest BCUT2D eigenvalue weighted by molar-refractivity contribution is 6.33. The van der Waals surface area contributed by atoms with Crippen LogP contribution in [-0.2, 0) is 17.6 Å². The third-order valence-corrected chi connectivity index (χ3v) is 6.53. The zero-order chi connectivity index (χ0) is 26.4. The fourth-order valence-electron chi connectivity index (χ4n) is 4.22. The predicted octanol–water partition coefficient (Wildman–Crippen LogP) is 3.78. The molecule has 4 N–H and O–H groups in total. The summed E-state index contributed by atoms with van der Waals surface area (Å²) in [6.07, 6.45) is 3.37. The van der Waals surface area contributed by atoms with Crippen LogP contribution in [0, 0.1) is 0 Å². The molecule has 0 spiro atoms. The van der Waals surface area contributed by atoms with Crippen LogP contribution in [0.2, 0.25) is 5.02 Å². The van der Waals surface area contributed by atoms with Crippen LogP contribution in [0.4, 0.5) is 23.1 Å². The van der Waals surface area contributed by atoms with Gasteiger partial charge in [-0.3, -0.25) is 4.79 Å². The summed E-state index contributed by atoms with van der Waals surface area (Å²) in [5.41, 5.74) is 9.57. The van der Waals surface area contributed by atoms with E-state index >= 15 is 0 Å². The smallest absolute Gasteiger partial charge is 0.248 e. The minimum Gasteiger partial charge on any atom is -0.495 e. The van der Waals surface area contributed by atoms with E-state index in [9.17, 15) is 4.79 Å². The zero-order valence-corrected chi connectivity index (χ0v) is 21.9. The van der Waals surface area contributed by atoms with E-state index in [1.54, 1.807) is 32.4 Å². The van der Waals surface area contributed by atoms with Crippen molar-refractivity contribution in [3.63, 3.8) is 0 Å². The molecule has 10 nitrogen and oxygen atoms in total. The second kappa shape index (κ2) is 12.1. The molecule has 0 fully saturated rings. The van der Waals surface area contributed by atoms with Crippen LogP contribution in [0.3, 0.4) is 0 Å². The van der Waals surface area contributed by atoms with E-state index < -0.39 is 5.91 Å². The van der Waals surface area contributed by atoms with Crippen molar-refractivity contribution >= 4 is 40.6 Å². The highest BCUT2D eigenvalue weighted by atomic mass is 35.5. The van der Waals surface area contributed by atoms with Gasteiger partial charge in [0.05, 0.1) is 38.4 Å². The number of anilines is 4. The third kappa shape index (κ3) is 6.40. The predicted molar refractivity (Wildman–Crippen MR) is 144 cm³/mol. The number of nitrogens with zero attached hydrogens (tertiary/aromatic N) is 3. The average molecular weight is 527 g/mol. The van der Waals surface area contributed by atoms with E-state index in [4.69, 9.17) is 31.5 Å². The van der Waals surface area contributed by atoms with Gasteiger partial charge in [0.15, 0.2) is 5.82 Å². The Morgan fingerprint density at radius 3 is 2.41 bits per heavy atom. The number of carbonyl (C=O) groups is 1. The number of methoxy groups -OCH3 is 3. The number of amides is 1. The Morgan fingerprint density at radius 2 is 1.73 bits per heavy atom. The maximum atomic E-state index is 11.5. The van der Waals surface area contributed by atoms with Gasteiger partial charge in [-0.05, 0) is 54.3 Å². The molecule has 0 atom stereocenters. The van der Waals surface area contributed by atoms with Gasteiger partial charge >= 0.3 is 0 Å². The molecule has 0 saturated heterocycles. The average Bonchev–Trinajstić information content (AvgIpc) is 3.10. The molecule has 0 unspecified atom stereocenters. The summed E-state index contributed by atoms with van der Waals surface area (Å²) in [6.45, 7) is 3.57. The molecular formula is C26H31ClN6O4. The summed E-state index contributed by atoms with van der Waals surface area (Å²) >= 11 is 6.38. The molecule has 11 heteroatoms. The van der Waals surface area contributed by atoms with Crippen molar-refractivity contribution in [2.24, 2.45) is 5.73 Å². The van der Waals surface area contributed by atoms with Crippen molar-refractivity contribution in [2.45, 2.75) is 12.8 Å². The number of benzene rings is 2. The Hall–Kier alpha value is -3.60. The number of ether oxygens (including phenoxy) is 3. The van der Waals surface area contributed by atoms with Gasteiger partial charge < -0.3 is 35.5 Å². The van der Waals surface area contributed by atoms with E-state index in [0.29, 0.717) is 39.5 Å². The van der Waals surface area contributed by atoms with Gasteiger partial charge in [-0.2, -0.15) is 4.98 Å². The number of nitrogens with two attached hydrogens (primary N) is 1. The van der Waals surface area contributed by atoms with Crippen molar-refractivity contribution < 1.29 is 19.0 Å². The Morgan fingerprint density at radius 1 is 1.03 bits per heavy atom. The number of hydrogen-bond acceptors (Lipinski definition) is 9. The standard InChI is InChI=1S/C26H31ClN6O4/c1-35-11-10-33-8-6-16-12-21(23(37-3)13-17(16)7-9-33)31-26-29-15-19(27)25(32-26)30-20-5-4-18(24(28)34)14-22(20)36-2/h4-5,12-15H,6-11H2,1-3H3,(H2,28,34)(H2,29,30,31,32).